The highest BCUT2D eigenvalue weighted by atomic mass is 35.5. The number of hydrogen-bond donors (Lipinski definition) is 2. The minimum atomic E-state index is -3.96. The number of pyridine rings is 1. The first-order valence-corrected chi connectivity index (χ1v) is 11.5. The van der Waals surface area contributed by atoms with E-state index in [0.29, 0.717) is 27.9 Å². The number of aryl methyl sites for hydroxylation is 1. The molecule has 0 bridgehead atoms. The Labute approximate surface area is 201 Å². The largest absolute Gasteiger partial charge is 0.497 e. The zero-order chi connectivity index (χ0) is 24.9. The molecule has 12 heteroatoms. The number of aromatic nitrogens is 1. The summed E-state index contributed by atoms with van der Waals surface area (Å²) in [5, 5.41) is 7.68. The van der Waals surface area contributed by atoms with E-state index in [9.17, 15) is 13.2 Å². The van der Waals surface area contributed by atoms with Gasteiger partial charge in [0.1, 0.15) is 11.5 Å². The van der Waals surface area contributed by atoms with Gasteiger partial charge in [0.2, 0.25) is 0 Å². The van der Waals surface area contributed by atoms with Crippen molar-refractivity contribution >= 4 is 38.9 Å². The lowest BCUT2D eigenvalue weighted by Gasteiger charge is -2.14. The Balaban J connectivity index is 1.75. The van der Waals surface area contributed by atoms with Gasteiger partial charge in [-0.1, -0.05) is 11.6 Å². The predicted molar refractivity (Wildman–Crippen MR) is 125 cm³/mol. The summed E-state index contributed by atoms with van der Waals surface area (Å²) in [6.45, 7) is 8.31. The number of carbonyl (C=O) groups is 1. The van der Waals surface area contributed by atoms with Crippen molar-refractivity contribution in [2.24, 2.45) is 5.14 Å². The molecule has 34 heavy (non-hydrogen) atoms. The summed E-state index contributed by atoms with van der Waals surface area (Å²) < 4.78 is 39.5. The van der Waals surface area contributed by atoms with Crippen molar-refractivity contribution < 1.29 is 27.4 Å². The number of methoxy groups -OCH3 is 1. The molecule has 0 saturated carbocycles. The monoisotopic (exact) mass is 502 g/mol. The van der Waals surface area contributed by atoms with E-state index in [1.54, 1.807) is 18.2 Å². The number of sulfonamides is 1. The van der Waals surface area contributed by atoms with Gasteiger partial charge in [-0.3, -0.25) is 4.79 Å². The molecule has 10 nitrogen and oxygen atoms in total. The molecule has 0 atom stereocenters. The number of anilines is 1. The lowest BCUT2D eigenvalue weighted by Crippen LogP contribution is -2.21. The summed E-state index contributed by atoms with van der Waals surface area (Å²) in [6.07, 6.45) is 0. The first kappa shape index (κ1) is 24.8. The van der Waals surface area contributed by atoms with Gasteiger partial charge in [-0.25, -0.2) is 23.4 Å². The number of nitrogens with one attached hydrogen (secondary N) is 1. The van der Waals surface area contributed by atoms with Gasteiger partial charge in [0.15, 0.2) is 28.8 Å². The molecule has 0 fully saturated rings. The van der Waals surface area contributed by atoms with E-state index in [1.807, 2.05) is 0 Å². The maximum Gasteiger partial charge on any atom is 0.262 e. The number of primary sulfonamides is 1. The molecule has 1 heterocycles. The molecule has 1 aromatic heterocycles. The highest BCUT2D eigenvalue weighted by Gasteiger charge is 2.15. The van der Waals surface area contributed by atoms with Gasteiger partial charge >= 0.3 is 0 Å². The molecule has 0 aliphatic carbocycles. The van der Waals surface area contributed by atoms with Crippen LogP contribution in [0, 0.1) is 13.5 Å². The molecule has 3 rings (SSSR count). The Kier molecular flexibility index (Phi) is 7.57. The second kappa shape index (κ2) is 10.4. The third kappa shape index (κ3) is 6.35. The maximum atomic E-state index is 12.4. The molecule has 1 amide bonds. The zero-order valence-corrected chi connectivity index (χ0v) is 19.6. The standard InChI is InChI=1S/C22H19ClN4O6S/c1-13-18(5-7-22(26-13)34(24,29)30)27-21(28)12-32-19-6-4-16(31-3)11-20(19)33-17-9-14(23)8-15(10-17)25-2/h4-11H,12H2,1,3H3,(H,27,28)(H2,24,29,30). The number of benzene rings is 2. The lowest BCUT2D eigenvalue weighted by atomic mass is 10.2. The average Bonchev–Trinajstić information content (AvgIpc) is 2.78. The van der Waals surface area contributed by atoms with E-state index >= 15 is 0 Å². The van der Waals surface area contributed by atoms with Crippen LogP contribution >= 0.6 is 11.6 Å². The fraction of sp³-hybridized carbons (Fsp3) is 0.136. The molecule has 0 aliphatic rings. The van der Waals surface area contributed by atoms with E-state index in [4.69, 9.17) is 37.5 Å². The van der Waals surface area contributed by atoms with Crippen molar-refractivity contribution in [3.63, 3.8) is 0 Å². The summed E-state index contributed by atoms with van der Waals surface area (Å²) in [6, 6.07) is 11.9. The molecule has 0 unspecified atom stereocenters. The maximum absolute atomic E-state index is 12.4. The van der Waals surface area contributed by atoms with Crippen LogP contribution in [-0.2, 0) is 14.8 Å². The van der Waals surface area contributed by atoms with Crippen LogP contribution in [0.4, 0.5) is 11.4 Å². The Hall–Kier alpha value is -3.85. The quantitative estimate of drug-likeness (QED) is 0.443. The number of nitrogens with zero attached hydrogens (tertiary/aromatic N) is 2. The molecule has 3 N–H and O–H groups in total. The van der Waals surface area contributed by atoms with Crippen LogP contribution in [0.5, 0.6) is 23.0 Å². The molecule has 0 saturated heterocycles. The number of ether oxygens (including phenoxy) is 3. The first-order chi connectivity index (χ1) is 16.1. The fourth-order valence-electron chi connectivity index (χ4n) is 2.77. The summed E-state index contributed by atoms with van der Waals surface area (Å²) in [5.74, 6) is 0.738. The predicted octanol–water partition coefficient (Wildman–Crippen LogP) is 4.06. The van der Waals surface area contributed by atoms with Crippen molar-refractivity contribution in [2.75, 3.05) is 19.0 Å². The summed E-state index contributed by atoms with van der Waals surface area (Å²) >= 11 is 6.04. The van der Waals surface area contributed by atoms with E-state index in [2.05, 4.69) is 15.1 Å². The SMILES string of the molecule is [C-]#[N+]c1cc(Cl)cc(Oc2cc(OC)ccc2OCC(=O)Nc2ccc(S(N)(=O)=O)nc2C)c1. The second-order valence-corrected chi connectivity index (χ2v) is 8.78. The summed E-state index contributed by atoms with van der Waals surface area (Å²) in [4.78, 5) is 19.6. The molecule has 176 valence electrons. The van der Waals surface area contributed by atoms with Gasteiger partial charge in [0, 0.05) is 11.1 Å². The first-order valence-electron chi connectivity index (χ1n) is 9.56. The van der Waals surface area contributed by atoms with Gasteiger partial charge in [-0.15, -0.1) is 0 Å². The molecule has 2 aromatic carbocycles. The van der Waals surface area contributed by atoms with Crippen LogP contribution in [0.2, 0.25) is 5.02 Å². The van der Waals surface area contributed by atoms with Crippen LogP contribution in [-0.4, -0.2) is 33.0 Å². The number of rotatable bonds is 8. The number of nitrogens with two attached hydrogens (primary N) is 1. The van der Waals surface area contributed by atoms with E-state index in [0.717, 1.165) is 0 Å². The van der Waals surface area contributed by atoms with Crippen molar-refractivity contribution in [3.05, 3.63) is 70.7 Å². The minimum Gasteiger partial charge on any atom is -0.497 e. The highest BCUT2D eigenvalue weighted by molar-refractivity contribution is 7.89. The van der Waals surface area contributed by atoms with Gasteiger partial charge in [-0.05, 0) is 49.4 Å². The van der Waals surface area contributed by atoms with E-state index in [1.165, 1.54) is 44.4 Å². The van der Waals surface area contributed by atoms with Crippen molar-refractivity contribution in [1.82, 2.24) is 4.98 Å². The van der Waals surface area contributed by atoms with Crippen LogP contribution < -0.4 is 24.7 Å². The molecule has 3 aromatic rings. The van der Waals surface area contributed by atoms with Crippen LogP contribution in [0.3, 0.4) is 0 Å². The Bertz CT molecular complexity index is 1390. The van der Waals surface area contributed by atoms with Gasteiger partial charge < -0.3 is 19.5 Å². The number of carbonyl (C=O) groups excluding carboxylic acids is 1. The number of halogens is 1. The molecule has 0 aliphatic heterocycles. The van der Waals surface area contributed by atoms with Crippen LogP contribution in [0.1, 0.15) is 5.69 Å². The van der Waals surface area contributed by atoms with Crippen LogP contribution in [0.25, 0.3) is 4.85 Å². The minimum absolute atomic E-state index is 0.236. The van der Waals surface area contributed by atoms with E-state index < -0.39 is 15.9 Å². The van der Waals surface area contributed by atoms with Gasteiger partial charge in [0.25, 0.3) is 15.9 Å². The Morgan fingerprint density at radius 1 is 1.15 bits per heavy atom. The molecular formula is C22H19ClN4O6S. The smallest absolute Gasteiger partial charge is 0.262 e. The number of hydrogen-bond acceptors (Lipinski definition) is 7. The topological polar surface area (TPSA) is 134 Å². The molecule has 0 spiro atoms. The van der Waals surface area contributed by atoms with Crippen molar-refractivity contribution in [2.45, 2.75) is 11.9 Å². The summed E-state index contributed by atoms with van der Waals surface area (Å²) in [7, 11) is -2.47. The van der Waals surface area contributed by atoms with Crippen molar-refractivity contribution in [1.29, 1.82) is 0 Å². The fourth-order valence-corrected chi connectivity index (χ4v) is 3.51. The Morgan fingerprint density at radius 2 is 1.91 bits per heavy atom. The Morgan fingerprint density at radius 3 is 2.56 bits per heavy atom. The molecule has 0 radical (unpaired) electrons. The third-order valence-corrected chi connectivity index (χ3v) is 5.38. The lowest BCUT2D eigenvalue weighted by molar-refractivity contribution is -0.118. The van der Waals surface area contributed by atoms with Gasteiger partial charge in [0.05, 0.1) is 25.1 Å². The third-order valence-electron chi connectivity index (χ3n) is 4.35. The normalized spacial score (nSPS) is 10.8. The molecular weight excluding hydrogens is 484 g/mol. The number of amides is 1. The average molecular weight is 503 g/mol. The zero-order valence-electron chi connectivity index (χ0n) is 18.0. The highest BCUT2D eigenvalue weighted by Crippen LogP contribution is 2.37. The second-order valence-electron chi connectivity index (χ2n) is 6.84. The van der Waals surface area contributed by atoms with E-state index in [-0.39, 0.29) is 28.8 Å². The van der Waals surface area contributed by atoms with Crippen molar-refractivity contribution in [3.8, 4) is 23.0 Å². The van der Waals surface area contributed by atoms with Gasteiger partial charge in [-0.2, -0.15) is 0 Å². The summed E-state index contributed by atoms with van der Waals surface area (Å²) in [5.41, 5.74) is 0.868. The van der Waals surface area contributed by atoms with Crippen LogP contribution in [0.15, 0.2) is 53.6 Å².